The van der Waals surface area contributed by atoms with Gasteiger partial charge in [-0.1, -0.05) is 26.0 Å². The number of rotatable bonds is 4. The standard InChI is InChI=1S/C15H23NO/c1-11(2)14(10-17)9-12-4-5-15-13(8-12)6-7-16(15)3/h4-5,8,11,14,17H,6-7,9-10H2,1-3H3. The van der Waals surface area contributed by atoms with E-state index >= 15 is 0 Å². The molecule has 1 aliphatic heterocycles. The third kappa shape index (κ3) is 2.63. The van der Waals surface area contributed by atoms with E-state index in [1.54, 1.807) is 0 Å². The average Bonchev–Trinajstić information content (AvgIpc) is 2.67. The van der Waals surface area contributed by atoms with Crippen LogP contribution in [0, 0.1) is 11.8 Å². The summed E-state index contributed by atoms with van der Waals surface area (Å²) in [5.74, 6) is 0.920. The van der Waals surface area contributed by atoms with Crippen molar-refractivity contribution in [1.82, 2.24) is 0 Å². The minimum Gasteiger partial charge on any atom is -0.396 e. The number of nitrogens with zero attached hydrogens (tertiary/aromatic N) is 1. The second-order valence-electron chi connectivity index (χ2n) is 5.53. The highest BCUT2D eigenvalue weighted by Crippen LogP contribution is 2.28. The topological polar surface area (TPSA) is 23.5 Å². The van der Waals surface area contributed by atoms with E-state index in [1.165, 1.54) is 16.8 Å². The molecule has 0 radical (unpaired) electrons. The van der Waals surface area contributed by atoms with Crippen molar-refractivity contribution in [3.63, 3.8) is 0 Å². The lowest BCUT2D eigenvalue weighted by Crippen LogP contribution is -2.16. The lowest BCUT2D eigenvalue weighted by atomic mass is 9.89. The maximum absolute atomic E-state index is 9.39. The number of likely N-dealkylation sites (N-methyl/N-ethyl adjacent to an activating group) is 1. The zero-order valence-electron chi connectivity index (χ0n) is 11.1. The van der Waals surface area contributed by atoms with Gasteiger partial charge in [-0.3, -0.25) is 0 Å². The Labute approximate surface area is 104 Å². The molecule has 17 heavy (non-hydrogen) atoms. The van der Waals surface area contributed by atoms with Gasteiger partial charge >= 0.3 is 0 Å². The number of fused-ring (bicyclic) bond motifs is 1. The highest BCUT2D eigenvalue weighted by molar-refractivity contribution is 5.58. The number of benzene rings is 1. The predicted molar refractivity (Wildman–Crippen MR) is 72.5 cm³/mol. The van der Waals surface area contributed by atoms with Crippen molar-refractivity contribution in [3.8, 4) is 0 Å². The Bertz CT molecular complexity index is 387. The molecule has 1 N–H and O–H groups in total. The highest BCUT2D eigenvalue weighted by Gasteiger charge is 2.17. The van der Waals surface area contributed by atoms with Crippen molar-refractivity contribution < 1.29 is 5.11 Å². The SMILES string of the molecule is CC(C)C(CO)Cc1ccc2c(c1)CCN2C. The molecule has 0 aromatic heterocycles. The first-order valence-corrected chi connectivity index (χ1v) is 6.55. The quantitative estimate of drug-likeness (QED) is 0.863. The molecule has 2 heteroatoms. The summed E-state index contributed by atoms with van der Waals surface area (Å²) in [6.45, 7) is 5.78. The molecule has 2 rings (SSSR count). The van der Waals surface area contributed by atoms with E-state index in [0.29, 0.717) is 11.8 Å². The van der Waals surface area contributed by atoms with E-state index in [-0.39, 0.29) is 6.61 Å². The van der Waals surface area contributed by atoms with Crippen LogP contribution in [-0.2, 0) is 12.8 Å². The van der Waals surface area contributed by atoms with Gasteiger partial charge in [0.1, 0.15) is 0 Å². The smallest absolute Gasteiger partial charge is 0.0464 e. The number of hydrogen-bond donors (Lipinski definition) is 1. The highest BCUT2D eigenvalue weighted by atomic mass is 16.3. The molecule has 0 saturated carbocycles. The van der Waals surface area contributed by atoms with Crippen LogP contribution in [0.1, 0.15) is 25.0 Å². The van der Waals surface area contributed by atoms with Crippen LogP contribution in [0.15, 0.2) is 18.2 Å². The monoisotopic (exact) mass is 233 g/mol. The Hall–Kier alpha value is -1.02. The summed E-state index contributed by atoms with van der Waals surface area (Å²) in [5, 5.41) is 9.39. The zero-order chi connectivity index (χ0) is 12.4. The summed E-state index contributed by atoms with van der Waals surface area (Å²) in [6.07, 6.45) is 2.15. The third-order valence-corrected chi connectivity index (χ3v) is 3.95. The van der Waals surface area contributed by atoms with Gasteiger partial charge in [0.2, 0.25) is 0 Å². The van der Waals surface area contributed by atoms with Crippen LogP contribution in [0.4, 0.5) is 5.69 Å². The summed E-state index contributed by atoms with van der Waals surface area (Å²) in [4.78, 5) is 2.31. The van der Waals surface area contributed by atoms with Gasteiger partial charge in [-0.05, 0) is 41.9 Å². The van der Waals surface area contributed by atoms with Crippen LogP contribution in [-0.4, -0.2) is 25.3 Å². The zero-order valence-corrected chi connectivity index (χ0v) is 11.1. The number of aliphatic hydroxyl groups is 1. The molecule has 0 saturated heterocycles. The molecule has 1 heterocycles. The first-order chi connectivity index (χ1) is 8.11. The Balaban J connectivity index is 2.13. The molecule has 1 aromatic carbocycles. The molecular weight excluding hydrogens is 210 g/mol. The Morgan fingerprint density at radius 1 is 1.35 bits per heavy atom. The molecular formula is C15H23NO. The van der Waals surface area contributed by atoms with E-state index < -0.39 is 0 Å². The van der Waals surface area contributed by atoms with Gasteiger partial charge in [0.05, 0.1) is 0 Å². The van der Waals surface area contributed by atoms with Crippen LogP contribution in [0.2, 0.25) is 0 Å². The molecule has 0 aliphatic carbocycles. The lowest BCUT2D eigenvalue weighted by molar-refractivity contribution is 0.189. The molecule has 1 aromatic rings. The number of aliphatic hydroxyl groups excluding tert-OH is 1. The molecule has 94 valence electrons. The Kier molecular flexibility index (Phi) is 3.72. The van der Waals surface area contributed by atoms with Gasteiger partial charge in [-0.2, -0.15) is 0 Å². The molecule has 0 spiro atoms. The molecule has 0 fully saturated rings. The number of anilines is 1. The number of hydrogen-bond acceptors (Lipinski definition) is 2. The fourth-order valence-electron chi connectivity index (χ4n) is 2.56. The van der Waals surface area contributed by atoms with Gasteiger partial charge in [-0.25, -0.2) is 0 Å². The van der Waals surface area contributed by atoms with Gasteiger partial charge in [0.25, 0.3) is 0 Å². The van der Waals surface area contributed by atoms with E-state index in [9.17, 15) is 5.11 Å². The van der Waals surface area contributed by atoms with Crippen molar-refractivity contribution in [3.05, 3.63) is 29.3 Å². The molecule has 1 atom stereocenters. The van der Waals surface area contributed by atoms with Gasteiger partial charge < -0.3 is 10.0 Å². The predicted octanol–water partition coefficient (Wildman–Crippen LogP) is 2.49. The van der Waals surface area contributed by atoms with Crippen LogP contribution < -0.4 is 4.90 Å². The van der Waals surface area contributed by atoms with Gasteiger partial charge in [0.15, 0.2) is 0 Å². The second-order valence-corrected chi connectivity index (χ2v) is 5.53. The summed E-state index contributed by atoms with van der Waals surface area (Å²) >= 11 is 0. The lowest BCUT2D eigenvalue weighted by Gasteiger charge is -2.19. The van der Waals surface area contributed by atoms with Gasteiger partial charge in [0, 0.05) is 25.9 Å². The van der Waals surface area contributed by atoms with Crippen LogP contribution >= 0.6 is 0 Å². The van der Waals surface area contributed by atoms with E-state index in [1.807, 2.05) is 0 Å². The fraction of sp³-hybridized carbons (Fsp3) is 0.600. The molecule has 0 bridgehead atoms. The summed E-state index contributed by atoms with van der Waals surface area (Å²) in [6, 6.07) is 6.77. The average molecular weight is 233 g/mol. The van der Waals surface area contributed by atoms with Crippen LogP contribution in [0.25, 0.3) is 0 Å². The summed E-state index contributed by atoms with van der Waals surface area (Å²) < 4.78 is 0. The Morgan fingerprint density at radius 3 is 2.76 bits per heavy atom. The first kappa shape index (κ1) is 12.4. The summed E-state index contributed by atoms with van der Waals surface area (Å²) in [5.41, 5.74) is 4.20. The normalized spacial score (nSPS) is 16.4. The second kappa shape index (κ2) is 5.09. The molecule has 1 aliphatic rings. The fourth-order valence-corrected chi connectivity index (χ4v) is 2.56. The minimum atomic E-state index is 0.286. The van der Waals surface area contributed by atoms with E-state index in [2.05, 4.69) is 44.0 Å². The largest absolute Gasteiger partial charge is 0.396 e. The van der Waals surface area contributed by atoms with Crippen molar-refractivity contribution in [2.24, 2.45) is 11.8 Å². The van der Waals surface area contributed by atoms with Gasteiger partial charge in [-0.15, -0.1) is 0 Å². The first-order valence-electron chi connectivity index (χ1n) is 6.55. The van der Waals surface area contributed by atoms with Crippen molar-refractivity contribution >= 4 is 5.69 Å². The molecule has 0 amide bonds. The van der Waals surface area contributed by atoms with E-state index in [4.69, 9.17) is 0 Å². The Morgan fingerprint density at radius 2 is 2.12 bits per heavy atom. The maximum atomic E-state index is 9.39. The third-order valence-electron chi connectivity index (χ3n) is 3.95. The summed E-state index contributed by atoms with van der Waals surface area (Å²) in [7, 11) is 2.15. The minimum absolute atomic E-state index is 0.286. The molecule has 1 unspecified atom stereocenters. The van der Waals surface area contributed by atoms with E-state index in [0.717, 1.165) is 19.4 Å². The van der Waals surface area contributed by atoms with Crippen molar-refractivity contribution in [1.29, 1.82) is 0 Å². The maximum Gasteiger partial charge on any atom is 0.0464 e. The van der Waals surface area contributed by atoms with Crippen LogP contribution in [0.5, 0.6) is 0 Å². The van der Waals surface area contributed by atoms with Crippen molar-refractivity contribution in [2.75, 3.05) is 25.1 Å². The molecule has 2 nitrogen and oxygen atoms in total. The van der Waals surface area contributed by atoms with Crippen molar-refractivity contribution in [2.45, 2.75) is 26.7 Å². The van der Waals surface area contributed by atoms with Crippen LogP contribution in [0.3, 0.4) is 0 Å².